The average Bonchev–Trinajstić information content (AvgIpc) is 3.05. The van der Waals surface area contributed by atoms with E-state index in [1.165, 1.54) is 4.88 Å². The second-order valence-electron chi connectivity index (χ2n) is 4.11. The minimum Gasteiger partial charge on any atom is -0.340 e. The van der Waals surface area contributed by atoms with Crippen molar-refractivity contribution in [2.24, 2.45) is 0 Å². The molecule has 0 spiro atoms. The number of thioether (sulfide) groups is 1. The van der Waals surface area contributed by atoms with Crippen LogP contribution in [0.15, 0.2) is 22.9 Å². The molecule has 19 heavy (non-hydrogen) atoms. The zero-order valence-corrected chi connectivity index (χ0v) is 13.4. The molecule has 0 aliphatic rings. The molecule has 0 aromatic carbocycles. The standard InChI is InChI=1S/C13H16N2OS3/c1-15(12(16)5-7-17-2)8-10-9-19-13(14-10)11-4-3-6-18-11/h3-4,6,9H,5,7-8H2,1-2H3. The van der Waals surface area contributed by atoms with E-state index in [1.54, 1.807) is 39.3 Å². The van der Waals surface area contributed by atoms with Crippen LogP contribution >= 0.6 is 34.4 Å². The molecule has 2 rings (SSSR count). The number of hydrogen-bond acceptors (Lipinski definition) is 5. The van der Waals surface area contributed by atoms with Gasteiger partial charge in [-0.2, -0.15) is 11.8 Å². The summed E-state index contributed by atoms with van der Waals surface area (Å²) >= 11 is 5.02. The number of aromatic nitrogens is 1. The summed E-state index contributed by atoms with van der Waals surface area (Å²) in [5, 5.41) is 5.12. The van der Waals surface area contributed by atoms with Gasteiger partial charge in [0.15, 0.2) is 0 Å². The molecule has 0 N–H and O–H groups in total. The van der Waals surface area contributed by atoms with E-state index in [9.17, 15) is 4.79 Å². The van der Waals surface area contributed by atoms with Crippen LogP contribution < -0.4 is 0 Å². The van der Waals surface area contributed by atoms with Crippen molar-refractivity contribution in [3.8, 4) is 9.88 Å². The molecule has 0 saturated carbocycles. The Balaban J connectivity index is 1.94. The number of thiazole rings is 1. The van der Waals surface area contributed by atoms with Gasteiger partial charge in [0, 0.05) is 24.6 Å². The quantitative estimate of drug-likeness (QED) is 0.817. The molecular formula is C13H16N2OS3. The van der Waals surface area contributed by atoms with E-state index in [0.29, 0.717) is 13.0 Å². The Morgan fingerprint density at radius 2 is 2.32 bits per heavy atom. The lowest BCUT2D eigenvalue weighted by Gasteiger charge is -2.15. The van der Waals surface area contributed by atoms with Gasteiger partial charge in [0.1, 0.15) is 5.01 Å². The van der Waals surface area contributed by atoms with Crippen LogP contribution in [-0.2, 0) is 11.3 Å². The highest BCUT2D eigenvalue weighted by atomic mass is 32.2. The van der Waals surface area contributed by atoms with Gasteiger partial charge in [-0.15, -0.1) is 22.7 Å². The van der Waals surface area contributed by atoms with E-state index in [-0.39, 0.29) is 5.91 Å². The third-order valence-corrected chi connectivity index (χ3v) is 5.17. The Morgan fingerprint density at radius 1 is 1.47 bits per heavy atom. The molecule has 102 valence electrons. The molecule has 0 atom stereocenters. The predicted octanol–water partition coefficient (Wildman–Crippen LogP) is 3.58. The number of carbonyl (C=O) groups excluding carboxylic acids is 1. The van der Waals surface area contributed by atoms with Gasteiger partial charge in [-0.1, -0.05) is 6.07 Å². The van der Waals surface area contributed by atoms with Gasteiger partial charge in [-0.3, -0.25) is 4.79 Å². The zero-order valence-electron chi connectivity index (χ0n) is 11.0. The number of thiophene rings is 1. The normalized spacial score (nSPS) is 10.6. The molecule has 3 nitrogen and oxygen atoms in total. The Hall–Kier alpha value is -0.850. The minimum absolute atomic E-state index is 0.181. The van der Waals surface area contributed by atoms with E-state index in [2.05, 4.69) is 16.4 Å². The predicted molar refractivity (Wildman–Crippen MR) is 84.9 cm³/mol. The number of nitrogens with zero attached hydrogens (tertiary/aromatic N) is 2. The summed E-state index contributed by atoms with van der Waals surface area (Å²) in [6.45, 7) is 0.592. The van der Waals surface area contributed by atoms with Crippen LogP contribution in [-0.4, -0.2) is 34.8 Å². The highest BCUT2D eigenvalue weighted by molar-refractivity contribution is 7.98. The highest BCUT2D eigenvalue weighted by Gasteiger charge is 2.11. The summed E-state index contributed by atoms with van der Waals surface area (Å²) < 4.78 is 0. The first kappa shape index (κ1) is 14.6. The summed E-state index contributed by atoms with van der Waals surface area (Å²) in [5.41, 5.74) is 0.966. The summed E-state index contributed by atoms with van der Waals surface area (Å²) in [6, 6.07) is 4.10. The van der Waals surface area contributed by atoms with Crippen molar-refractivity contribution in [2.45, 2.75) is 13.0 Å². The SMILES string of the molecule is CSCCC(=O)N(C)Cc1csc(-c2cccs2)n1. The van der Waals surface area contributed by atoms with E-state index in [0.717, 1.165) is 16.5 Å². The first-order valence-corrected chi connectivity index (χ1v) is 9.07. The maximum atomic E-state index is 11.8. The molecule has 0 fully saturated rings. The molecule has 0 aliphatic heterocycles. The van der Waals surface area contributed by atoms with E-state index >= 15 is 0 Å². The lowest BCUT2D eigenvalue weighted by atomic mass is 10.3. The van der Waals surface area contributed by atoms with Crippen LogP contribution in [0.4, 0.5) is 0 Å². The summed E-state index contributed by atoms with van der Waals surface area (Å²) in [4.78, 5) is 19.4. The molecule has 0 radical (unpaired) electrons. The summed E-state index contributed by atoms with van der Waals surface area (Å²) in [6.07, 6.45) is 2.61. The number of carbonyl (C=O) groups is 1. The van der Waals surface area contributed by atoms with Gasteiger partial charge < -0.3 is 4.90 Å². The van der Waals surface area contributed by atoms with Gasteiger partial charge in [0.25, 0.3) is 0 Å². The average molecular weight is 312 g/mol. The van der Waals surface area contributed by atoms with E-state index < -0.39 is 0 Å². The van der Waals surface area contributed by atoms with E-state index in [1.807, 2.05) is 24.7 Å². The van der Waals surface area contributed by atoms with Crippen molar-refractivity contribution in [1.82, 2.24) is 9.88 Å². The fraction of sp³-hybridized carbons (Fsp3) is 0.385. The monoisotopic (exact) mass is 312 g/mol. The van der Waals surface area contributed by atoms with Crippen LogP contribution in [0.1, 0.15) is 12.1 Å². The van der Waals surface area contributed by atoms with Crippen LogP contribution in [0.3, 0.4) is 0 Å². The molecule has 0 unspecified atom stereocenters. The molecule has 0 bridgehead atoms. The maximum absolute atomic E-state index is 11.8. The lowest BCUT2D eigenvalue weighted by Crippen LogP contribution is -2.26. The van der Waals surface area contributed by atoms with Crippen molar-refractivity contribution in [1.29, 1.82) is 0 Å². The van der Waals surface area contributed by atoms with Gasteiger partial charge in [0.05, 0.1) is 17.1 Å². The van der Waals surface area contributed by atoms with Crippen LogP contribution in [0.2, 0.25) is 0 Å². The van der Waals surface area contributed by atoms with Crippen LogP contribution in [0.5, 0.6) is 0 Å². The fourth-order valence-electron chi connectivity index (χ4n) is 1.60. The summed E-state index contributed by atoms with van der Waals surface area (Å²) in [5.74, 6) is 1.06. The van der Waals surface area contributed by atoms with Crippen molar-refractivity contribution in [2.75, 3.05) is 19.1 Å². The molecule has 2 aromatic rings. The third kappa shape index (κ3) is 4.06. The Morgan fingerprint density at radius 3 is 3.00 bits per heavy atom. The molecule has 0 saturated heterocycles. The van der Waals surface area contributed by atoms with E-state index in [4.69, 9.17) is 0 Å². The Labute approximate surface area is 125 Å². The highest BCUT2D eigenvalue weighted by Crippen LogP contribution is 2.28. The topological polar surface area (TPSA) is 33.2 Å². The van der Waals surface area contributed by atoms with Crippen molar-refractivity contribution >= 4 is 40.3 Å². The first-order valence-electron chi connectivity index (χ1n) is 5.92. The zero-order chi connectivity index (χ0) is 13.7. The third-order valence-electron chi connectivity index (χ3n) is 2.63. The molecular weight excluding hydrogens is 296 g/mol. The largest absolute Gasteiger partial charge is 0.340 e. The molecule has 2 heterocycles. The molecule has 0 aliphatic carbocycles. The fourth-order valence-corrected chi connectivity index (χ4v) is 3.61. The van der Waals surface area contributed by atoms with Crippen molar-refractivity contribution in [3.63, 3.8) is 0 Å². The van der Waals surface area contributed by atoms with Crippen molar-refractivity contribution in [3.05, 3.63) is 28.6 Å². The summed E-state index contributed by atoms with van der Waals surface area (Å²) in [7, 11) is 1.84. The van der Waals surface area contributed by atoms with Gasteiger partial charge in [-0.05, 0) is 17.7 Å². The second kappa shape index (κ2) is 7.07. The number of rotatable bonds is 6. The second-order valence-corrected chi connectivity index (χ2v) is 6.91. The van der Waals surface area contributed by atoms with Gasteiger partial charge in [0.2, 0.25) is 5.91 Å². The van der Waals surface area contributed by atoms with Crippen molar-refractivity contribution < 1.29 is 4.79 Å². The molecule has 6 heteroatoms. The number of amides is 1. The molecule has 1 amide bonds. The number of hydrogen-bond donors (Lipinski definition) is 0. The van der Waals surface area contributed by atoms with Crippen LogP contribution in [0, 0.1) is 0 Å². The Kier molecular flexibility index (Phi) is 5.42. The van der Waals surface area contributed by atoms with Gasteiger partial charge >= 0.3 is 0 Å². The van der Waals surface area contributed by atoms with Crippen LogP contribution in [0.25, 0.3) is 9.88 Å². The minimum atomic E-state index is 0.181. The smallest absolute Gasteiger partial charge is 0.223 e. The Bertz CT molecular complexity index is 522. The first-order chi connectivity index (χ1) is 9.20. The van der Waals surface area contributed by atoms with Gasteiger partial charge in [-0.25, -0.2) is 4.98 Å². The maximum Gasteiger partial charge on any atom is 0.223 e. The molecule has 2 aromatic heterocycles. The lowest BCUT2D eigenvalue weighted by molar-refractivity contribution is -0.130.